The molecule has 0 spiro atoms. The van der Waals surface area contributed by atoms with Crippen LogP contribution in [-0.4, -0.2) is 55.8 Å². The molecule has 1 saturated heterocycles. The van der Waals surface area contributed by atoms with Crippen molar-refractivity contribution in [3.05, 3.63) is 23.5 Å². The van der Waals surface area contributed by atoms with Gasteiger partial charge in [-0.25, -0.2) is 0 Å². The third-order valence-electron chi connectivity index (χ3n) is 4.05. The minimum Gasteiger partial charge on any atom is -0.356 e. The van der Waals surface area contributed by atoms with Gasteiger partial charge < -0.3 is 15.7 Å². The molecule has 2 aliphatic rings. The van der Waals surface area contributed by atoms with E-state index in [0.717, 1.165) is 0 Å². The van der Waals surface area contributed by atoms with E-state index in [2.05, 4.69) is 20.8 Å². The molecule has 23 heavy (non-hydrogen) atoms. The van der Waals surface area contributed by atoms with Crippen molar-refractivity contribution in [2.45, 2.75) is 25.7 Å². The molecule has 2 amide bonds. The lowest BCUT2D eigenvalue weighted by molar-refractivity contribution is -0.125. The van der Waals surface area contributed by atoms with Crippen LogP contribution < -0.4 is 10.6 Å². The van der Waals surface area contributed by atoms with Gasteiger partial charge in [0.1, 0.15) is 16.0 Å². The summed E-state index contributed by atoms with van der Waals surface area (Å²) in [6.07, 6.45) is 2.35. The molecule has 9 nitrogen and oxygen atoms in total. The van der Waals surface area contributed by atoms with Gasteiger partial charge in [0.2, 0.25) is 12.3 Å². The van der Waals surface area contributed by atoms with E-state index in [1.165, 1.54) is 21.0 Å². The average molecular weight is 334 g/mol. The van der Waals surface area contributed by atoms with Gasteiger partial charge in [-0.2, -0.15) is 10.2 Å². The number of aromatic nitrogens is 3. The van der Waals surface area contributed by atoms with Gasteiger partial charge >= 0.3 is 0 Å². The second kappa shape index (κ2) is 5.03. The SMILES string of the molecule is Cc1c(-n2nccn2)sc2c1C(=O)N([C@@H]1CCNC1=O)C(O)N2. The minimum atomic E-state index is -1.24. The van der Waals surface area contributed by atoms with Crippen LogP contribution in [-0.2, 0) is 4.79 Å². The smallest absolute Gasteiger partial charge is 0.261 e. The van der Waals surface area contributed by atoms with Crippen LogP contribution in [0.3, 0.4) is 0 Å². The van der Waals surface area contributed by atoms with E-state index >= 15 is 0 Å². The van der Waals surface area contributed by atoms with Crippen molar-refractivity contribution >= 4 is 28.2 Å². The molecule has 2 atom stereocenters. The van der Waals surface area contributed by atoms with E-state index in [0.29, 0.717) is 34.1 Å². The van der Waals surface area contributed by atoms with Crippen molar-refractivity contribution in [2.24, 2.45) is 0 Å². The summed E-state index contributed by atoms with van der Waals surface area (Å²) in [5.41, 5.74) is 1.17. The zero-order valence-electron chi connectivity index (χ0n) is 12.2. The summed E-state index contributed by atoms with van der Waals surface area (Å²) >= 11 is 1.29. The van der Waals surface area contributed by atoms with Crippen molar-refractivity contribution in [1.82, 2.24) is 25.2 Å². The van der Waals surface area contributed by atoms with Crippen molar-refractivity contribution in [1.29, 1.82) is 0 Å². The van der Waals surface area contributed by atoms with Gasteiger partial charge in [-0.15, -0.1) is 4.80 Å². The Morgan fingerprint density at radius 3 is 2.74 bits per heavy atom. The van der Waals surface area contributed by atoms with E-state index in [4.69, 9.17) is 0 Å². The van der Waals surface area contributed by atoms with E-state index in [1.54, 1.807) is 19.3 Å². The first-order valence-electron chi connectivity index (χ1n) is 7.13. The van der Waals surface area contributed by atoms with Crippen LogP contribution in [0, 0.1) is 6.92 Å². The lowest BCUT2D eigenvalue weighted by Gasteiger charge is -2.36. The number of nitrogens with one attached hydrogen (secondary N) is 2. The summed E-state index contributed by atoms with van der Waals surface area (Å²) in [4.78, 5) is 27.4. The molecule has 2 aromatic rings. The summed E-state index contributed by atoms with van der Waals surface area (Å²) in [7, 11) is 0. The molecule has 0 saturated carbocycles. The van der Waals surface area contributed by atoms with Crippen LogP contribution in [0.4, 0.5) is 5.00 Å². The third kappa shape index (κ3) is 2.02. The number of hydrogen-bond acceptors (Lipinski definition) is 7. The number of aliphatic hydroxyl groups is 1. The Morgan fingerprint density at radius 2 is 2.09 bits per heavy atom. The quantitative estimate of drug-likeness (QED) is 0.693. The highest BCUT2D eigenvalue weighted by Crippen LogP contribution is 2.39. The molecule has 10 heteroatoms. The summed E-state index contributed by atoms with van der Waals surface area (Å²) in [5.74, 6) is -0.607. The lowest BCUT2D eigenvalue weighted by atomic mass is 10.1. The zero-order valence-corrected chi connectivity index (χ0v) is 13.0. The number of hydrogen-bond donors (Lipinski definition) is 3. The summed E-state index contributed by atoms with van der Waals surface area (Å²) < 4.78 is 0. The molecular weight excluding hydrogens is 320 g/mol. The second-order valence-corrected chi connectivity index (χ2v) is 6.38. The van der Waals surface area contributed by atoms with Crippen molar-refractivity contribution in [2.75, 3.05) is 11.9 Å². The Bertz CT molecular complexity index is 786. The van der Waals surface area contributed by atoms with Crippen molar-refractivity contribution in [3.8, 4) is 5.00 Å². The summed E-state index contributed by atoms with van der Waals surface area (Å²) in [6.45, 7) is 2.30. The van der Waals surface area contributed by atoms with E-state index < -0.39 is 12.4 Å². The molecule has 0 aromatic carbocycles. The number of rotatable bonds is 2. The molecule has 1 fully saturated rings. The maximum atomic E-state index is 12.9. The molecule has 4 rings (SSSR count). The lowest BCUT2D eigenvalue weighted by Crippen LogP contribution is -2.55. The molecule has 2 aliphatic heterocycles. The van der Waals surface area contributed by atoms with Gasteiger partial charge in [0, 0.05) is 12.1 Å². The van der Waals surface area contributed by atoms with Crippen LogP contribution in [0.15, 0.2) is 12.4 Å². The van der Waals surface area contributed by atoms with Gasteiger partial charge in [0.15, 0.2) is 0 Å². The molecule has 2 aromatic heterocycles. The molecule has 0 bridgehead atoms. The van der Waals surface area contributed by atoms with Gasteiger partial charge in [-0.3, -0.25) is 14.5 Å². The largest absolute Gasteiger partial charge is 0.356 e. The standard InChI is InChI=1S/C13H14N6O3S/c1-6-8-10(23-12(6)19-15-4-5-16-19)17-13(22)18(11(8)21)7-2-3-14-9(7)20/h4-5,7,13,17,22H,2-3H2,1H3,(H,14,20)/t7-,13?/m1/s1. The molecule has 4 heterocycles. The highest BCUT2D eigenvalue weighted by Gasteiger charge is 2.43. The maximum absolute atomic E-state index is 12.9. The Morgan fingerprint density at radius 1 is 1.35 bits per heavy atom. The highest BCUT2D eigenvalue weighted by atomic mass is 32.1. The fraction of sp³-hybridized carbons (Fsp3) is 0.385. The highest BCUT2D eigenvalue weighted by molar-refractivity contribution is 7.19. The first-order chi connectivity index (χ1) is 11.1. The predicted molar refractivity (Wildman–Crippen MR) is 81.2 cm³/mol. The van der Waals surface area contributed by atoms with E-state index in [9.17, 15) is 14.7 Å². The normalized spacial score (nSPS) is 23.7. The van der Waals surface area contributed by atoms with Crippen LogP contribution in [0.1, 0.15) is 22.3 Å². The van der Waals surface area contributed by atoms with Gasteiger partial charge in [-0.05, 0) is 13.3 Å². The van der Waals surface area contributed by atoms with Crippen molar-refractivity contribution in [3.63, 3.8) is 0 Å². The summed E-state index contributed by atoms with van der Waals surface area (Å²) in [5, 5.41) is 25.3. The number of aliphatic hydroxyl groups excluding tert-OH is 1. The number of anilines is 1. The number of fused-ring (bicyclic) bond motifs is 1. The number of amides is 2. The molecule has 0 aliphatic carbocycles. The topological polar surface area (TPSA) is 112 Å². The average Bonchev–Trinajstić information content (AvgIpc) is 3.21. The second-order valence-electron chi connectivity index (χ2n) is 5.38. The number of thiophene rings is 1. The predicted octanol–water partition coefficient (Wildman–Crippen LogP) is -0.331. The summed E-state index contributed by atoms with van der Waals surface area (Å²) in [6, 6.07) is -0.663. The van der Waals surface area contributed by atoms with E-state index in [1.807, 2.05) is 0 Å². The van der Waals surface area contributed by atoms with E-state index in [-0.39, 0.29) is 11.8 Å². The Hall–Kier alpha value is -2.46. The fourth-order valence-corrected chi connectivity index (χ4v) is 4.09. The zero-order chi connectivity index (χ0) is 16.1. The van der Waals surface area contributed by atoms with Gasteiger partial charge in [0.25, 0.3) is 5.91 Å². The van der Waals surface area contributed by atoms with Gasteiger partial charge in [-0.1, -0.05) is 11.3 Å². The molecule has 0 radical (unpaired) electrons. The molecule has 3 N–H and O–H groups in total. The fourth-order valence-electron chi connectivity index (χ4n) is 2.96. The molecule has 1 unspecified atom stereocenters. The Kier molecular flexibility index (Phi) is 3.10. The number of carbonyl (C=O) groups excluding carboxylic acids is 2. The first kappa shape index (κ1) is 14.2. The van der Waals surface area contributed by atoms with Crippen molar-refractivity contribution < 1.29 is 14.7 Å². The van der Waals surface area contributed by atoms with Crippen LogP contribution in [0.5, 0.6) is 0 Å². The monoisotopic (exact) mass is 334 g/mol. The van der Waals surface area contributed by atoms with Crippen LogP contribution >= 0.6 is 11.3 Å². The number of nitrogens with zero attached hydrogens (tertiary/aromatic N) is 4. The third-order valence-corrected chi connectivity index (χ3v) is 5.24. The molecule has 120 valence electrons. The maximum Gasteiger partial charge on any atom is 0.261 e. The van der Waals surface area contributed by atoms with Crippen LogP contribution in [0.25, 0.3) is 5.00 Å². The Labute approximate surface area is 134 Å². The Balaban J connectivity index is 1.77. The molecular formula is C13H14N6O3S. The number of carbonyl (C=O) groups is 2. The first-order valence-corrected chi connectivity index (χ1v) is 7.94. The minimum absolute atomic E-state index is 0.246. The van der Waals surface area contributed by atoms with Gasteiger partial charge in [0.05, 0.1) is 18.0 Å². The van der Waals surface area contributed by atoms with Crippen LogP contribution in [0.2, 0.25) is 0 Å².